The van der Waals surface area contributed by atoms with E-state index in [4.69, 9.17) is 9.15 Å². The van der Waals surface area contributed by atoms with Crippen LogP contribution in [0.15, 0.2) is 41.0 Å². The van der Waals surface area contributed by atoms with Crippen molar-refractivity contribution in [2.45, 2.75) is 25.9 Å². The van der Waals surface area contributed by atoms with Gasteiger partial charge < -0.3 is 19.8 Å². The molecule has 2 N–H and O–H groups in total. The van der Waals surface area contributed by atoms with Crippen molar-refractivity contribution < 1.29 is 18.7 Å². The minimum atomic E-state index is -1.59. The van der Waals surface area contributed by atoms with E-state index >= 15 is 0 Å². The van der Waals surface area contributed by atoms with Crippen LogP contribution < -0.4 is 15.4 Å². The molecule has 2 amide bonds. The second-order valence-corrected chi connectivity index (χ2v) is 5.67. The molecule has 0 fully saturated rings. The van der Waals surface area contributed by atoms with Gasteiger partial charge in [-0.25, -0.2) is 0 Å². The van der Waals surface area contributed by atoms with E-state index in [1.54, 1.807) is 18.4 Å². The predicted molar refractivity (Wildman–Crippen MR) is 84.3 cm³/mol. The smallest absolute Gasteiger partial charge is 0.278 e. The molecule has 0 radical (unpaired) electrons. The lowest BCUT2D eigenvalue weighted by Gasteiger charge is -2.33. The Labute approximate surface area is 133 Å². The highest BCUT2D eigenvalue weighted by atomic mass is 16.5. The van der Waals surface area contributed by atoms with Crippen LogP contribution >= 0.6 is 0 Å². The summed E-state index contributed by atoms with van der Waals surface area (Å²) in [6.45, 7) is 3.74. The van der Waals surface area contributed by atoms with Gasteiger partial charge in [0.05, 0.1) is 12.0 Å². The number of hydrogen-bond donors (Lipinski definition) is 2. The van der Waals surface area contributed by atoms with Crippen molar-refractivity contribution in [3.05, 3.63) is 47.9 Å². The summed E-state index contributed by atoms with van der Waals surface area (Å²) >= 11 is 0. The topological polar surface area (TPSA) is 80.6 Å². The van der Waals surface area contributed by atoms with Crippen LogP contribution in [0.3, 0.4) is 0 Å². The van der Waals surface area contributed by atoms with Crippen LogP contribution in [0.5, 0.6) is 5.75 Å². The largest absolute Gasteiger partial charge is 0.469 e. The standard InChI is InChI=1S/C17H18N2O4/c1-11-5-6-14-13(10-11)19-16(21)17(2,23-14)15(20)18-8-7-12-4-3-9-22-12/h3-6,9-10H,7-8H2,1-2H3,(H,18,20)(H,19,21)/t17-/m0/s1. The van der Waals surface area contributed by atoms with Gasteiger partial charge in [0.25, 0.3) is 17.4 Å². The number of fused-ring (bicyclic) bond motifs is 1. The van der Waals surface area contributed by atoms with E-state index in [9.17, 15) is 9.59 Å². The SMILES string of the molecule is Cc1ccc2c(c1)NC(=O)[C@](C)(C(=O)NCCc1ccco1)O2. The number of ether oxygens (including phenoxy) is 1. The maximum atomic E-state index is 12.4. The Bertz CT molecular complexity index is 739. The second-order valence-electron chi connectivity index (χ2n) is 5.67. The van der Waals surface area contributed by atoms with Crippen molar-refractivity contribution in [2.75, 3.05) is 11.9 Å². The fraction of sp³-hybridized carbons (Fsp3) is 0.294. The molecule has 6 heteroatoms. The van der Waals surface area contributed by atoms with Crippen molar-refractivity contribution in [2.24, 2.45) is 0 Å². The number of nitrogens with one attached hydrogen (secondary N) is 2. The van der Waals surface area contributed by atoms with Crippen LogP contribution in [0.25, 0.3) is 0 Å². The van der Waals surface area contributed by atoms with Crippen molar-refractivity contribution >= 4 is 17.5 Å². The first-order valence-corrected chi connectivity index (χ1v) is 7.41. The highest BCUT2D eigenvalue weighted by Gasteiger charge is 2.47. The first kappa shape index (κ1) is 15.1. The van der Waals surface area contributed by atoms with E-state index in [1.807, 2.05) is 25.1 Å². The number of carbonyl (C=O) groups is 2. The monoisotopic (exact) mass is 314 g/mol. The van der Waals surface area contributed by atoms with Gasteiger partial charge in [-0.1, -0.05) is 6.07 Å². The van der Waals surface area contributed by atoms with Crippen LogP contribution in [-0.4, -0.2) is 24.0 Å². The summed E-state index contributed by atoms with van der Waals surface area (Å²) in [7, 11) is 0. The summed E-state index contributed by atoms with van der Waals surface area (Å²) in [5, 5.41) is 5.45. The number of hydrogen-bond acceptors (Lipinski definition) is 4. The molecule has 23 heavy (non-hydrogen) atoms. The Morgan fingerprint density at radius 1 is 1.35 bits per heavy atom. The van der Waals surface area contributed by atoms with Crippen molar-refractivity contribution in [3.63, 3.8) is 0 Å². The van der Waals surface area contributed by atoms with Gasteiger partial charge in [0.15, 0.2) is 0 Å². The Hall–Kier alpha value is -2.76. The van der Waals surface area contributed by atoms with Gasteiger partial charge in [-0.3, -0.25) is 9.59 Å². The average molecular weight is 314 g/mol. The second kappa shape index (κ2) is 5.79. The lowest BCUT2D eigenvalue weighted by molar-refractivity contribution is -0.146. The van der Waals surface area contributed by atoms with Crippen molar-refractivity contribution in [1.82, 2.24) is 5.32 Å². The van der Waals surface area contributed by atoms with E-state index in [-0.39, 0.29) is 0 Å². The average Bonchev–Trinajstić information content (AvgIpc) is 3.02. The Kier molecular flexibility index (Phi) is 3.82. The maximum absolute atomic E-state index is 12.4. The number of anilines is 1. The highest BCUT2D eigenvalue weighted by Crippen LogP contribution is 2.34. The van der Waals surface area contributed by atoms with E-state index in [0.717, 1.165) is 11.3 Å². The van der Waals surface area contributed by atoms with Gasteiger partial charge in [-0.15, -0.1) is 0 Å². The minimum absolute atomic E-state index is 0.360. The fourth-order valence-corrected chi connectivity index (χ4v) is 2.41. The summed E-state index contributed by atoms with van der Waals surface area (Å²) in [6.07, 6.45) is 2.13. The molecule has 1 aromatic carbocycles. The Morgan fingerprint density at radius 3 is 2.91 bits per heavy atom. The van der Waals surface area contributed by atoms with Crippen LogP contribution in [0.2, 0.25) is 0 Å². The molecule has 0 unspecified atom stereocenters. The Balaban J connectivity index is 1.69. The van der Waals surface area contributed by atoms with Crippen LogP contribution in [0.1, 0.15) is 18.2 Å². The fourth-order valence-electron chi connectivity index (χ4n) is 2.41. The molecular weight excluding hydrogens is 296 g/mol. The summed E-state index contributed by atoms with van der Waals surface area (Å²) < 4.78 is 10.9. The molecule has 0 saturated carbocycles. The molecule has 6 nitrogen and oxygen atoms in total. The highest BCUT2D eigenvalue weighted by molar-refractivity contribution is 6.15. The van der Waals surface area contributed by atoms with Gasteiger partial charge in [0, 0.05) is 13.0 Å². The van der Waals surface area contributed by atoms with E-state index in [0.29, 0.717) is 24.4 Å². The number of furan rings is 1. The molecular formula is C17H18N2O4. The number of carbonyl (C=O) groups excluding carboxylic acids is 2. The summed E-state index contributed by atoms with van der Waals surface area (Å²) in [4.78, 5) is 24.7. The van der Waals surface area contributed by atoms with Gasteiger partial charge >= 0.3 is 0 Å². The Morgan fingerprint density at radius 2 is 2.17 bits per heavy atom. The molecule has 0 saturated heterocycles. The molecule has 3 rings (SSSR count). The zero-order valence-corrected chi connectivity index (χ0v) is 13.0. The summed E-state index contributed by atoms with van der Waals surface area (Å²) in [6, 6.07) is 9.04. The zero-order valence-electron chi connectivity index (χ0n) is 13.0. The van der Waals surface area contributed by atoms with E-state index in [2.05, 4.69) is 10.6 Å². The molecule has 0 bridgehead atoms. The minimum Gasteiger partial charge on any atom is -0.469 e. The normalized spacial score (nSPS) is 19.5. The summed E-state index contributed by atoms with van der Waals surface area (Å²) in [5.41, 5.74) is -0.0131. The van der Waals surface area contributed by atoms with Gasteiger partial charge in [0.2, 0.25) is 0 Å². The number of rotatable bonds is 4. The van der Waals surface area contributed by atoms with Gasteiger partial charge in [-0.2, -0.15) is 0 Å². The van der Waals surface area contributed by atoms with Crippen LogP contribution in [0, 0.1) is 6.92 Å². The first-order chi connectivity index (χ1) is 11.0. The summed E-state index contributed by atoms with van der Waals surface area (Å²) in [5.74, 6) is 0.294. The number of benzene rings is 1. The number of amides is 2. The van der Waals surface area contributed by atoms with Crippen LogP contribution in [-0.2, 0) is 16.0 Å². The zero-order chi connectivity index (χ0) is 16.4. The number of aryl methyl sites for hydroxylation is 1. The molecule has 2 heterocycles. The molecule has 0 spiro atoms. The third-order valence-electron chi connectivity index (χ3n) is 3.80. The van der Waals surface area contributed by atoms with E-state index < -0.39 is 17.4 Å². The predicted octanol–water partition coefficient (Wildman–Crippen LogP) is 2.04. The molecule has 1 aliphatic heterocycles. The van der Waals surface area contributed by atoms with Crippen LogP contribution in [0.4, 0.5) is 5.69 Å². The lowest BCUT2D eigenvalue weighted by Crippen LogP contribution is -2.58. The molecule has 120 valence electrons. The van der Waals surface area contributed by atoms with Gasteiger partial charge in [-0.05, 0) is 43.7 Å². The molecule has 2 aromatic rings. The molecule has 1 aliphatic rings. The van der Waals surface area contributed by atoms with E-state index in [1.165, 1.54) is 6.92 Å². The molecule has 1 atom stereocenters. The molecule has 1 aromatic heterocycles. The van der Waals surface area contributed by atoms with Gasteiger partial charge in [0.1, 0.15) is 11.5 Å². The van der Waals surface area contributed by atoms with Crippen molar-refractivity contribution in [1.29, 1.82) is 0 Å². The first-order valence-electron chi connectivity index (χ1n) is 7.41. The van der Waals surface area contributed by atoms with Crippen molar-refractivity contribution in [3.8, 4) is 5.75 Å². The third kappa shape index (κ3) is 2.92. The maximum Gasteiger partial charge on any atom is 0.278 e. The lowest BCUT2D eigenvalue weighted by atomic mass is 10.0. The molecule has 0 aliphatic carbocycles. The quantitative estimate of drug-likeness (QED) is 0.846. The third-order valence-corrected chi connectivity index (χ3v) is 3.80.